The number of hydrogen-bond acceptors (Lipinski definition) is 7. The minimum Gasteiger partial charge on any atom is -0.465 e. The largest absolute Gasteiger partial charge is 0.465 e. The van der Waals surface area contributed by atoms with Gasteiger partial charge in [0.25, 0.3) is 5.91 Å². The van der Waals surface area contributed by atoms with E-state index >= 15 is 0 Å². The van der Waals surface area contributed by atoms with Crippen molar-refractivity contribution in [3.05, 3.63) is 89.0 Å². The van der Waals surface area contributed by atoms with Crippen LogP contribution in [-0.2, 0) is 19.1 Å². The third kappa shape index (κ3) is 5.65. The number of ether oxygens (including phenoxy) is 2. The van der Waals surface area contributed by atoms with Gasteiger partial charge >= 0.3 is 12.1 Å². The molecule has 3 aromatic rings. The number of methoxy groups -OCH3 is 1. The maximum absolute atomic E-state index is 14.3. The molecule has 228 valence electrons. The fraction of sp³-hybridized carbons (Fsp3) is 0.281. The van der Waals surface area contributed by atoms with Gasteiger partial charge in [-0.3, -0.25) is 14.5 Å². The molecule has 6 rings (SSSR count). The van der Waals surface area contributed by atoms with E-state index < -0.39 is 36.4 Å². The molecule has 0 saturated carbocycles. The molecule has 1 saturated heterocycles. The molecular weight excluding hydrogens is 577 g/mol. The Morgan fingerprint density at radius 1 is 1.02 bits per heavy atom. The molecule has 2 amide bonds. The number of fused-ring (bicyclic) bond motifs is 2. The van der Waals surface area contributed by atoms with Crippen LogP contribution in [0.5, 0.6) is 0 Å². The number of morpholine rings is 1. The molecule has 3 aromatic carbocycles. The van der Waals surface area contributed by atoms with Crippen molar-refractivity contribution < 1.29 is 37.0 Å². The van der Waals surface area contributed by atoms with Crippen molar-refractivity contribution in [2.75, 3.05) is 62.0 Å². The highest BCUT2D eigenvalue weighted by atomic mass is 19.4. The van der Waals surface area contributed by atoms with E-state index in [0.29, 0.717) is 54.5 Å². The lowest BCUT2D eigenvalue weighted by atomic mass is 9.98. The van der Waals surface area contributed by atoms with Crippen LogP contribution in [-0.4, -0.2) is 75.4 Å². The SMILES string of the molecule is COC(=O)c1ccc2c(c1)NC(=O)/C2=C(\Nc1ccc2c(c1)C(C(F)(F)F)CN2C(=O)CN1CCOCC1)c1ccccc1. The number of amides is 2. The molecule has 0 aliphatic carbocycles. The number of alkyl halides is 3. The van der Waals surface area contributed by atoms with Crippen molar-refractivity contribution in [3.8, 4) is 0 Å². The van der Waals surface area contributed by atoms with Gasteiger partial charge in [0.15, 0.2) is 0 Å². The highest BCUT2D eigenvalue weighted by molar-refractivity contribution is 6.37. The van der Waals surface area contributed by atoms with E-state index in [0.717, 1.165) is 0 Å². The highest BCUT2D eigenvalue weighted by Crippen LogP contribution is 2.47. The van der Waals surface area contributed by atoms with E-state index in [-0.39, 0.29) is 28.9 Å². The van der Waals surface area contributed by atoms with Gasteiger partial charge in [-0.15, -0.1) is 0 Å². The average molecular weight is 607 g/mol. The number of rotatable bonds is 6. The highest BCUT2D eigenvalue weighted by Gasteiger charge is 2.48. The van der Waals surface area contributed by atoms with Crippen molar-refractivity contribution in [2.24, 2.45) is 0 Å². The maximum atomic E-state index is 14.3. The van der Waals surface area contributed by atoms with Gasteiger partial charge in [-0.2, -0.15) is 13.2 Å². The molecule has 9 nitrogen and oxygen atoms in total. The Morgan fingerprint density at radius 3 is 2.48 bits per heavy atom. The molecular formula is C32H29F3N4O5. The summed E-state index contributed by atoms with van der Waals surface area (Å²) in [6.07, 6.45) is -4.58. The van der Waals surface area contributed by atoms with Gasteiger partial charge in [0.2, 0.25) is 5.91 Å². The first-order chi connectivity index (χ1) is 21.1. The van der Waals surface area contributed by atoms with Crippen LogP contribution in [0.2, 0.25) is 0 Å². The second-order valence-electron chi connectivity index (χ2n) is 10.7. The van der Waals surface area contributed by atoms with Crippen LogP contribution in [0.1, 0.15) is 33.0 Å². The molecule has 0 bridgehead atoms. The summed E-state index contributed by atoms with van der Waals surface area (Å²) < 4.78 is 53.0. The molecule has 1 unspecified atom stereocenters. The van der Waals surface area contributed by atoms with Crippen molar-refractivity contribution in [1.29, 1.82) is 0 Å². The number of carbonyl (C=O) groups excluding carboxylic acids is 3. The Kier molecular flexibility index (Phi) is 7.87. The number of esters is 1. The first-order valence-corrected chi connectivity index (χ1v) is 14.1. The summed E-state index contributed by atoms with van der Waals surface area (Å²) in [6, 6.07) is 18.1. The summed E-state index contributed by atoms with van der Waals surface area (Å²) in [4.78, 5) is 41.6. The van der Waals surface area contributed by atoms with Crippen LogP contribution in [0.3, 0.4) is 0 Å². The number of carbonyl (C=O) groups is 3. The number of halogens is 3. The maximum Gasteiger partial charge on any atom is 0.397 e. The molecule has 1 atom stereocenters. The van der Waals surface area contributed by atoms with Crippen molar-refractivity contribution in [2.45, 2.75) is 12.1 Å². The summed E-state index contributed by atoms with van der Waals surface area (Å²) in [5.74, 6) is -3.27. The Balaban J connectivity index is 1.38. The summed E-state index contributed by atoms with van der Waals surface area (Å²) in [5.41, 5.74) is 2.95. The van der Waals surface area contributed by atoms with E-state index in [1.165, 1.54) is 30.2 Å². The summed E-state index contributed by atoms with van der Waals surface area (Å²) >= 11 is 0. The molecule has 1 fully saturated rings. The third-order valence-corrected chi connectivity index (χ3v) is 7.98. The Labute approximate surface area is 251 Å². The fourth-order valence-corrected chi connectivity index (χ4v) is 5.78. The zero-order valence-electron chi connectivity index (χ0n) is 23.7. The number of nitrogens with zero attached hydrogens (tertiary/aromatic N) is 2. The standard InChI is InChI=1S/C32H29F3N4O5/c1-43-31(42)20-7-9-22-25(15-20)37-30(41)28(22)29(19-5-3-2-4-6-19)36-21-8-10-26-23(16-21)24(32(33,34)35)17-39(26)27(40)18-38-11-13-44-14-12-38/h2-10,15-16,24,36H,11-14,17-18H2,1H3,(H,37,41)/b29-28-. The lowest BCUT2D eigenvalue weighted by Crippen LogP contribution is -2.45. The predicted molar refractivity (Wildman–Crippen MR) is 158 cm³/mol. The Hall–Kier alpha value is -4.68. The quantitative estimate of drug-likeness (QED) is 0.309. The van der Waals surface area contributed by atoms with E-state index in [9.17, 15) is 27.6 Å². The summed E-state index contributed by atoms with van der Waals surface area (Å²) in [6.45, 7) is 1.52. The first-order valence-electron chi connectivity index (χ1n) is 14.1. The minimum absolute atomic E-state index is 0.00381. The normalized spacial score (nSPS) is 19.2. The number of anilines is 3. The predicted octanol–water partition coefficient (Wildman–Crippen LogP) is 4.73. The van der Waals surface area contributed by atoms with Crippen molar-refractivity contribution >= 4 is 46.1 Å². The van der Waals surface area contributed by atoms with E-state index in [4.69, 9.17) is 9.47 Å². The summed E-state index contributed by atoms with van der Waals surface area (Å²) in [5, 5.41) is 5.98. The molecule has 0 spiro atoms. The molecule has 0 radical (unpaired) electrons. The lowest BCUT2D eigenvalue weighted by Gasteiger charge is -2.28. The molecule has 2 N–H and O–H groups in total. The smallest absolute Gasteiger partial charge is 0.397 e. The first kappa shape index (κ1) is 29.4. The Morgan fingerprint density at radius 2 is 1.77 bits per heavy atom. The van der Waals surface area contributed by atoms with Gasteiger partial charge in [-0.1, -0.05) is 36.4 Å². The average Bonchev–Trinajstić information content (AvgIpc) is 3.57. The lowest BCUT2D eigenvalue weighted by molar-refractivity contribution is -0.147. The molecule has 3 heterocycles. The van der Waals surface area contributed by atoms with E-state index in [1.807, 2.05) is 11.0 Å². The number of hydrogen-bond donors (Lipinski definition) is 2. The zero-order chi connectivity index (χ0) is 31.0. The fourth-order valence-electron chi connectivity index (χ4n) is 5.78. The van der Waals surface area contributed by atoms with Crippen LogP contribution in [0.4, 0.5) is 30.2 Å². The van der Waals surface area contributed by atoms with Gasteiger partial charge in [-0.25, -0.2) is 4.79 Å². The van der Waals surface area contributed by atoms with Gasteiger partial charge in [-0.05, 0) is 41.5 Å². The van der Waals surface area contributed by atoms with Crippen LogP contribution in [0.25, 0.3) is 11.3 Å². The molecule has 12 heteroatoms. The van der Waals surface area contributed by atoms with E-state index in [2.05, 4.69) is 10.6 Å². The summed E-state index contributed by atoms with van der Waals surface area (Å²) in [7, 11) is 1.26. The van der Waals surface area contributed by atoms with Crippen LogP contribution < -0.4 is 15.5 Å². The molecule has 3 aliphatic heterocycles. The van der Waals surface area contributed by atoms with Gasteiger partial charge in [0.05, 0.1) is 55.3 Å². The number of nitrogens with one attached hydrogen (secondary N) is 2. The van der Waals surface area contributed by atoms with Crippen LogP contribution in [0.15, 0.2) is 66.7 Å². The molecule has 0 aromatic heterocycles. The number of benzene rings is 3. The second-order valence-corrected chi connectivity index (χ2v) is 10.7. The topological polar surface area (TPSA) is 100 Å². The molecule has 3 aliphatic rings. The van der Waals surface area contributed by atoms with Gasteiger partial charge in [0.1, 0.15) is 0 Å². The van der Waals surface area contributed by atoms with Gasteiger partial charge < -0.3 is 25.0 Å². The van der Waals surface area contributed by atoms with Crippen molar-refractivity contribution in [1.82, 2.24) is 4.90 Å². The van der Waals surface area contributed by atoms with Gasteiger partial charge in [0, 0.05) is 36.6 Å². The monoisotopic (exact) mass is 606 g/mol. The third-order valence-electron chi connectivity index (χ3n) is 7.98. The van der Waals surface area contributed by atoms with Crippen LogP contribution >= 0.6 is 0 Å². The Bertz CT molecular complexity index is 1650. The van der Waals surface area contributed by atoms with Crippen molar-refractivity contribution in [3.63, 3.8) is 0 Å². The molecule has 44 heavy (non-hydrogen) atoms. The zero-order valence-corrected chi connectivity index (χ0v) is 23.7. The minimum atomic E-state index is -4.58. The van der Waals surface area contributed by atoms with Crippen LogP contribution in [0, 0.1) is 0 Å². The van der Waals surface area contributed by atoms with E-state index in [1.54, 1.807) is 42.5 Å². The second kappa shape index (κ2) is 11.8.